The standard InChI is InChI=1S/C12H16N4/c1-9(2)11-14-12(13)16(15-11)8-10-6-4-3-5-7-10/h3-7,9H,8H2,1-2H3,(H2,13,14,15). The monoisotopic (exact) mass is 216 g/mol. The third kappa shape index (κ3) is 2.21. The average Bonchev–Trinajstić information content (AvgIpc) is 2.62. The van der Waals surface area contributed by atoms with Crippen LogP contribution in [0.15, 0.2) is 30.3 Å². The third-order valence-corrected chi connectivity index (χ3v) is 2.41. The second kappa shape index (κ2) is 4.35. The molecule has 2 aromatic rings. The Hall–Kier alpha value is -1.84. The summed E-state index contributed by atoms with van der Waals surface area (Å²) in [5.74, 6) is 1.58. The highest BCUT2D eigenvalue weighted by Gasteiger charge is 2.09. The predicted octanol–water partition coefficient (Wildman–Crippen LogP) is 2.03. The number of nitrogen functional groups attached to an aromatic ring is 1. The SMILES string of the molecule is CC(C)c1nc(N)n(Cc2ccccc2)n1. The van der Waals surface area contributed by atoms with Crippen LogP contribution >= 0.6 is 0 Å². The van der Waals surface area contributed by atoms with Crippen LogP contribution in [0.2, 0.25) is 0 Å². The molecule has 0 radical (unpaired) electrons. The second-order valence-electron chi connectivity index (χ2n) is 4.13. The quantitative estimate of drug-likeness (QED) is 0.854. The molecule has 4 heteroatoms. The third-order valence-electron chi connectivity index (χ3n) is 2.41. The lowest BCUT2D eigenvalue weighted by molar-refractivity contribution is 0.663. The van der Waals surface area contributed by atoms with Gasteiger partial charge in [0.2, 0.25) is 5.95 Å². The van der Waals surface area contributed by atoms with E-state index >= 15 is 0 Å². The number of benzene rings is 1. The van der Waals surface area contributed by atoms with Crippen LogP contribution in [0, 0.1) is 0 Å². The van der Waals surface area contributed by atoms with E-state index in [9.17, 15) is 0 Å². The average molecular weight is 216 g/mol. The molecule has 4 nitrogen and oxygen atoms in total. The van der Waals surface area contributed by atoms with Crippen molar-refractivity contribution in [2.45, 2.75) is 26.3 Å². The van der Waals surface area contributed by atoms with Gasteiger partial charge in [-0.05, 0) is 5.56 Å². The number of hydrogen-bond acceptors (Lipinski definition) is 3. The van der Waals surface area contributed by atoms with Gasteiger partial charge >= 0.3 is 0 Å². The van der Waals surface area contributed by atoms with Crippen molar-refractivity contribution in [2.24, 2.45) is 0 Å². The van der Waals surface area contributed by atoms with Crippen molar-refractivity contribution in [3.8, 4) is 0 Å². The first-order valence-corrected chi connectivity index (χ1v) is 5.41. The first kappa shape index (κ1) is 10.7. The van der Waals surface area contributed by atoms with Crippen LogP contribution in [-0.2, 0) is 6.54 Å². The summed E-state index contributed by atoms with van der Waals surface area (Å²) in [6.45, 7) is 4.79. The molecular formula is C12H16N4. The van der Waals surface area contributed by atoms with E-state index in [0.29, 0.717) is 18.4 Å². The van der Waals surface area contributed by atoms with Crippen molar-refractivity contribution >= 4 is 5.95 Å². The van der Waals surface area contributed by atoms with Crippen LogP contribution in [0.4, 0.5) is 5.95 Å². The molecule has 0 unspecified atom stereocenters. The van der Waals surface area contributed by atoms with Crippen LogP contribution < -0.4 is 5.73 Å². The van der Waals surface area contributed by atoms with Gasteiger partial charge < -0.3 is 5.73 Å². The Morgan fingerprint density at radius 1 is 1.25 bits per heavy atom. The molecule has 16 heavy (non-hydrogen) atoms. The molecule has 0 aliphatic heterocycles. The van der Waals surface area contributed by atoms with Gasteiger partial charge in [0, 0.05) is 5.92 Å². The van der Waals surface area contributed by atoms with Gasteiger partial charge in [0.25, 0.3) is 0 Å². The minimum Gasteiger partial charge on any atom is -0.368 e. The smallest absolute Gasteiger partial charge is 0.219 e. The lowest BCUT2D eigenvalue weighted by atomic mass is 10.2. The summed E-state index contributed by atoms with van der Waals surface area (Å²) in [6, 6.07) is 10.1. The maximum absolute atomic E-state index is 5.82. The van der Waals surface area contributed by atoms with Crippen LogP contribution in [-0.4, -0.2) is 14.8 Å². The summed E-state index contributed by atoms with van der Waals surface area (Å²) < 4.78 is 1.74. The molecule has 1 aromatic carbocycles. The van der Waals surface area contributed by atoms with Crippen molar-refractivity contribution in [3.63, 3.8) is 0 Å². The Morgan fingerprint density at radius 2 is 1.94 bits per heavy atom. The Labute approximate surface area is 95.1 Å². The van der Waals surface area contributed by atoms with E-state index in [2.05, 4.69) is 36.1 Å². The van der Waals surface area contributed by atoms with Gasteiger partial charge in [0.05, 0.1) is 6.54 Å². The van der Waals surface area contributed by atoms with Crippen molar-refractivity contribution < 1.29 is 0 Å². The van der Waals surface area contributed by atoms with Crippen molar-refractivity contribution in [1.29, 1.82) is 0 Å². The van der Waals surface area contributed by atoms with Crippen LogP contribution in [0.5, 0.6) is 0 Å². The Kier molecular flexibility index (Phi) is 2.90. The lowest BCUT2D eigenvalue weighted by Crippen LogP contribution is -2.06. The Balaban J connectivity index is 2.22. The van der Waals surface area contributed by atoms with E-state index in [1.807, 2.05) is 18.2 Å². The zero-order valence-electron chi connectivity index (χ0n) is 9.59. The number of rotatable bonds is 3. The van der Waals surface area contributed by atoms with Crippen LogP contribution in [0.3, 0.4) is 0 Å². The molecule has 0 aliphatic rings. The van der Waals surface area contributed by atoms with Gasteiger partial charge in [-0.2, -0.15) is 10.1 Å². The topological polar surface area (TPSA) is 56.7 Å². The summed E-state index contributed by atoms with van der Waals surface area (Å²) >= 11 is 0. The molecule has 0 saturated heterocycles. The fourth-order valence-corrected chi connectivity index (χ4v) is 1.49. The predicted molar refractivity (Wildman–Crippen MR) is 64.1 cm³/mol. The molecule has 0 aliphatic carbocycles. The van der Waals surface area contributed by atoms with Crippen LogP contribution in [0.1, 0.15) is 31.2 Å². The molecule has 0 fully saturated rings. The van der Waals surface area contributed by atoms with Gasteiger partial charge in [-0.15, -0.1) is 0 Å². The zero-order chi connectivity index (χ0) is 11.5. The first-order chi connectivity index (χ1) is 7.66. The molecule has 1 aromatic heterocycles. The number of nitrogens with two attached hydrogens (primary N) is 1. The van der Waals surface area contributed by atoms with E-state index < -0.39 is 0 Å². The van der Waals surface area contributed by atoms with Crippen molar-refractivity contribution in [2.75, 3.05) is 5.73 Å². The van der Waals surface area contributed by atoms with Gasteiger partial charge in [-0.1, -0.05) is 44.2 Å². The summed E-state index contributed by atoms with van der Waals surface area (Å²) in [6.07, 6.45) is 0. The van der Waals surface area contributed by atoms with Gasteiger partial charge in [-0.25, -0.2) is 4.68 Å². The summed E-state index contributed by atoms with van der Waals surface area (Å²) in [7, 11) is 0. The molecule has 0 saturated carbocycles. The van der Waals surface area contributed by atoms with Gasteiger partial charge in [0.15, 0.2) is 5.82 Å². The largest absolute Gasteiger partial charge is 0.368 e. The highest BCUT2D eigenvalue weighted by molar-refractivity contribution is 5.21. The molecule has 84 valence electrons. The minimum atomic E-state index is 0.305. The van der Waals surface area contributed by atoms with E-state index in [0.717, 1.165) is 5.82 Å². The van der Waals surface area contributed by atoms with Crippen LogP contribution in [0.25, 0.3) is 0 Å². The highest BCUT2D eigenvalue weighted by atomic mass is 15.4. The maximum atomic E-state index is 5.82. The molecule has 2 N–H and O–H groups in total. The number of nitrogens with zero attached hydrogens (tertiary/aromatic N) is 3. The van der Waals surface area contributed by atoms with Crippen molar-refractivity contribution in [1.82, 2.24) is 14.8 Å². The van der Waals surface area contributed by atoms with E-state index in [1.54, 1.807) is 4.68 Å². The van der Waals surface area contributed by atoms with E-state index in [-0.39, 0.29) is 0 Å². The Morgan fingerprint density at radius 3 is 2.50 bits per heavy atom. The number of hydrogen-bond donors (Lipinski definition) is 1. The molecule has 0 amide bonds. The molecule has 1 heterocycles. The summed E-state index contributed by atoms with van der Waals surface area (Å²) in [5, 5.41) is 4.39. The molecule has 0 atom stereocenters. The molecule has 2 rings (SSSR count). The fourth-order valence-electron chi connectivity index (χ4n) is 1.49. The number of anilines is 1. The summed E-state index contributed by atoms with van der Waals surface area (Å²) in [4.78, 5) is 4.24. The maximum Gasteiger partial charge on any atom is 0.219 e. The summed E-state index contributed by atoms with van der Waals surface area (Å²) in [5.41, 5.74) is 6.99. The minimum absolute atomic E-state index is 0.305. The van der Waals surface area contributed by atoms with E-state index in [1.165, 1.54) is 5.56 Å². The molecular weight excluding hydrogens is 200 g/mol. The Bertz CT molecular complexity index is 459. The second-order valence-corrected chi connectivity index (χ2v) is 4.13. The normalized spacial score (nSPS) is 10.9. The van der Waals surface area contributed by atoms with Gasteiger partial charge in [0.1, 0.15) is 0 Å². The molecule has 0 bridgehead atoms. The fraction of sp³-hybridized carbons (Fsp3) is 0.333. The van der Waals surface area contributed by atoms with E-state index in [4.69, 9.17) is 5.73 Å². The lowest BCUT2D eigenvalue weighted by Gasteiger charge is -2.02. The highest BCUT2D eigenvalue weighted by Crippen LogP contribution is 2.12. The first-order valence-electron chi connectivity index (χ1n) is 5.41. The zero-order valence-corrected chi connectivity index (χ0v) is 9.59. The molecule has 0 spiro atoms. The van der Waals surface area contributed by atoms with Crippen molar-refractivity contribution in [3.05, 3.63) is 41.7 Å². The number of aromatic nitrogens is 3. The van der Waals surface area contributed by atoms with Gasteiger partial charge in [-0.3, -0.25) is 0 Å².